The van der Waals surface area contributed by atoms with E-state index >= 15 is 0 Å². The monoisotopic (exact) mass is 265 g/mol. The predicted octanol–water partition coefficient (Wildman–Crippen LogP) is 0.553. The van der Waals surface area contributed by atoms with Crippen molar-refractivity contribution in [2.45, 2.75) is 31.6 Å². The first-order valence-corrected chi connectivity index (χ1v) is 6.68. The second kappa shape index (κ2) is 5.96. The number of ether oxygens (including phenoxy) is 1. The standard InChI is InChI=1S/C14H23N3O2/c1-14(2)10-17(8-12(9-18)19-14)13(7-15)11-3-5-16-6-4-11/h3-6,12-13,18H,7-10,15H2,1-2H3. The summed E-state index contributed by atoms with van der Waals surface area (Å²) in [5.41, 5.74) is 6.83. The molecular formula is C14H23N3O2. The van der Waals surface area contributed by atoms with Crippen LogP contribution in [0.3, 0.4) is 0 Å². The zero-order valence-corrected chi connectivity index (χ0v) is 11.6. The van der Waals surface area contributed by atoms with Crippen LogP contribution in [0.15, 0.2) is 24.5 Å². The van der Waals surface area contributed by atoms with Gasteiger partial charge in [0.15, 0.2) is 0 Å². The van der Waals surface area contributed by atoms with Gasteiger partial charge in [-0.05, 0) is 31.5 Å². The molecular weight excluding hydrogens is 242 g/mol. The molecule has 0 saturated carbocycles. The minimum absolute atomic E-state index is 0.0353. The van der Waals surface area contributed by atoms with E-state index in [-0.39, 0.29) is 24.4 Å². The number of pyridine rings is 1. The van der Waals surface area contributed by atoms with Crippen LogP contribution < -0.4 is 5.73 Å². The van der Waals surface area contributed by atoms with Gasteiger partial charge in [0, 0.05) is 38.1 Å². The molecule has 1 aromatic rings. The SMILES string of the molecule is CC1(C)CN(C(CN)c2ccncc2)CC(CO)O1. The van der Waals surface area contributed by atoms with Crippen LogP contribution in [0.25, 0.3) is 0 Å². The van der Waals surface area contributed by atoms with E-state index in [0.717, 1.165) is 12.1 Å². The van der Waals surface area contributed by atoms with Crippen molar-refractivity contribution >= 4 is 0 Å². The van der Waals surface area contributed by atoms with Crippen molar-refractivity contribution in [3.63, 3.8) is 0 Å². The molecule has 5 nitrogen and oxygen atoms in total. The zero-order chi connectivity index (χ0) is 13.9. The lowest BCUT2D eigenvalue weighted by molar-refractivity contribution is -0.156. The topological polar surface area (TPSA) is 71.6 Å². The van der Waals surface area contributed by atoms with E-state index in [1.165, 1.54) is 0 Å². The van der Waals surface area contributed by atoms with Gasteiger partial charge in [-0.3, -0.25) is 9.88 Å². The molecule has 3 N–H and O–H groups in total. The van der Waals surface area contributed by atoms with Crippen molar-refractivity contribution < 1.29 is 9.84 Å². The highest BCUT2D eigenvalue weighted by molar-refractivity contribution is 5.16. The Bertz CT molecular complexity index is 397. The molecule has 0 aliphatic carbocycles. The summed E-state index contributed by atoms with van der Waals surface area (Å²) in [6.07, 6.45) is 3.42. The predicted molar refractivity (Wildman–Crippen MR) is 73.6 cm³/mol. The molecule has 2 rings (SSSR count). The molecule has 2 atom stereocenters. The minimum Gasteiger partial charge on any atom is -0.394 e. The third-order valence-electron chi connectivity index (χ3n) is 3.47. The number of morpholine rings is 1. The zero-order valence-electron chi connectivity index (χ0n) is 11.6. The van der Waals surface area contributed by atoms with E-state index in [2.05, 4.69) is 9.88 Å². The Hall–Kier alpha value is -1.01. The number of nitrogens with two attached hydrogens (primary N) is 1. The van der Waals surface area contributed by atoms with Gasteiger partial charge in [0.25, 0.3) is 0 Å². The van der Waals surface area contributed by atoms with E-state index in [1.54, 1.807) is 12.4 Å². The normalized spacial score (nSPS) is 25.2. The highest BCUT2D eigenvalue weighted by Gasteiger charge is 2.36. The molecule has 19 heavy (non-hydrogen) atoms. The Morgan fingerprint density at radius 3 is 2.79 bits per heavy atom. The Labute approximate surface area is 114 Å². The average Bonchev–Trinajstić information content (AvgIpc) is 2.39. The van der Waals surface area contributed by atoms with Crippen molar-refractivity contribution in [2.24, 2.45) is 5.73 Å². The largest absolute Gasteiger partial charge is 0.394 e. The average molecular weight is 265 g/mol. The summed E-state index contributed by atoms with van der Waals surface area (Å²) in [5, 5.41) is 9.37. The number of aliphatic hydroxyl groups is 1. The van der Waals surface area contributed by atoms with Crippen LogP contribution in [-0.4, -0.2) is 52.9 Å². The second-order valence-electron chi connectivity index (χ2n) is 5.64. The van der Waals surface area contributed by atoms with E-state index in [9.17, 15) is 5.11 Å². The lowest BCUT2D eigenvalue weighted by Gasteiger charge is -2.45. The Morgan fingerprint density at radius 1 is 1.53 bits per heavy atom. The fourth-order valence-electron chi connectivity index (χ4n) is 2.75. The molecule has 0 spiro atoms. The van der Waals surface area contributed by atoms with Crippen molar-refractivity contribution in [2.75, 3.05) is 26.2 Å². The molecule has 0 aromatic carbocycles. The highest BCUT2D eigenvalue weighted by atomic mass is 16.5. The number of hydrogen-bond acceptors (Lipinski definition) is 5. The lowest BCUT2D eigenvalue weighted by Crippen LogP contribution is -2.55. The maximum atomic E-state index is 9.37. The number of nitrogens with zero attached hydrogens (tertiary/aromatic N) is 2. The van der Waals surface area contributed by atoms with Gasteiger partial charge in [0.2, 0.25) is 0 Å². The summed E-state index contributed by atoms with van der Waals surface area (Å²) < 4.78 is 5.84. The first kappa shape index (κ1) is 14.4. The molecule has 5 heteroatoms. The summed E-state index contributed by atoms with van der Waals surface area (Å²) in [5.74, 6) is 0. The van der Waals surface area contributed by atoms with Crippen LogP contribution in [0.1, 0.15) is 25.5 Å². The molecule has 1 aromatic heterocycles. The van der Waals surface area contributed by atoms with Gasteiger partial charge in [-0.15, -0.1) is 0 Å². The molecule has 1 aliphatic rings. The summed E-state index contributed by atoms with van der Waals surface area (Å²) >= 11 is 0. The van der Waals surface area contributed by atoms with Gasteiger partial charge >= 0.3 is 0 Å². The van der Waals surface area contributed by atoms with Gasteiger partial charge in [-0.25, -0.2) is 0 Å². The van der Waals surface area contributed by atoms with Gasteiger partial charge < -0.3 is 15.6 Å². The molecule has 0 bridgehead atoms. The van der Waals surface area contributed by atoms with Crippen molar-refractivity contribution in [3.05, 3.63) is 30.1 Å². The number of hydrogen-bond donors (Lipinski definition) is 2. The molecule has 2 heterocycles. The molecule has 2 unspecified atom stereocenters. The lowest BCUT2D eigenvalue weighted by atomic mass is 10.00. The first-order valence-electron chi connectivity index (χ1n) is 6.68. The Morgan fingerprint density at radius 2 is 2.21 bits per heavy atom. The third-order valence-corrected chi connectivity index (χ3v) is 3.47. The minimum atomic E-state index is -0.272. The smallest absolute Gasteiger partial charge is 0.0940 e. The van der Waals surface area contributed by atoms with Gasteiger partial charge in [0.05, 0.1) is 18.3 Å². The van der Waals surface area contributed by atoms with E-state index in [0.29, 0.717) is 13.1 Å². The van der Waals surface area contributed by atoms with Crippen LogP contribution in [-0.2, 0) is 4.74 Å². The van der Waals surface area contributed by atoms with E-state index < -0.39 is 0 Å². The fourth-order valence-corrected chi connectivity index (χ4v) is 2.75. The van der Waals surface area contributed by atoms with Gasteiger partial charge in [0.1, 0.15) is 0 Å². The summed E-state index contributed by atoms with van der Waals surface area (Å²) in [7, 11) is 0. The third kappa shape index (κ3) is 3.51. The molecule has 1 saturated heterocycles. The summed E-state index contributed by atoms with van der Waals surface area (Å²) in [4.78, 5) is 6.33. The number of aliphatic hydroxyl groups excluding tert-OH is 1. The maximum Gasteiger partial charge on any atom is 0.0940 e. The van der Waals surface area contributed by atoms with Crippen molar-refractivity contribution in [1.82, 2.24) is 9.88 Å². The number of aromatic nitrogens is 1. The maximum absolute atomic E-state index is 9.37. The van der Waals surface area contributed by atoms with Gasteiger partial charge in [-0.1, -0.05) is 0 Å². The quantitative estimate of drug-likeness (QED) is 0.832. The Balaban J connectivity index is 2.18. The second-order valence-corrected chi connectivity index (χ2v) is 5.64. The number of rotatable bonds is 4. The van der Waals surface area contributed by atoms with Crippen LogP contribution in [0.4, 0.5) is 0 Å². The van der Waals surface area contributed by atoms with E-state index in [1.807, 2.05) is 26.0 Å². The van der Waals surface area contributed by atoms with E-state index in [4.69, 9.17) is 10.5 Å². The van der Waals surface area contributed by atoms with Crippen LogP contribution in [0.2, 0.25) is 0 Å². The Kier molecular flexibility index (Phi) is 4.52. The fraction of sp³-hybridized carbons (Fsp3) is 0.643. The summed E-state index contributed by atoms with van der Waals surface area (Å²) in [6.45, 7) is 6.16. The summed E-state index contributed by atoms with van der Waals surface area (Å²) in [6, 6.07) is 4.13. The first-order chi connectivity index (χ1) is 9.05. The van der Waals surface area contributed by atoms with Gasteiger partial charge in [-0.2, -0.15) is 0 Å². The molecule has 0 radical (unpaired) electrons. The van der Waals surface area contributed by atoms with Crippen molar-refractivity contribution in [1.29, 1.82) is 0 Å². The van der Waals surface area contributed by atoms with Crippen LogP contribution >= 0.6 is 0 Å². The van der Waals surface area contributed by atoms with Crippen LogP contribution in [0.5, 0.6) is 0 Å². The molecule has 106 valence electrons. The molecule has 1 fully saturated rings. The molecule has 1 aliphatic heterocycles. The van der Waals surface area contributed by atoms with Crippen LogP contribution in [0, 0.1) is 0 Å². The van der Waals surface area contributed by atoms with Crippen molar-refractivity contribution in [3.8, 4) is 0 Å². The highest BCUT2D eigenvalue weighted by Crippen LogP contribution is 2.28. The molecule has 0 amide bonds.